The first-order chi connectivity index (χ1) is 7.33. The second kappa shape index (κ2) is 7.55. The first-order valence-corrected chi connectivity index (χ1v) is 6.23. The Labute approximate surface area is 92.6 Å². The lowest BCUT2D eigenvalue weighted by atomic mass is 9.97. The Bertz CT molecular complexity index is 174. The third-order valence-electron chi connectivity index (χ3n) is 3.07. The summed E-state index contributed by atoms with van der Waals surface area (Å²) in [5.74, 6) is 0.814. The van der Waals surface area contributed by atoms with Gasteiger partial charge in [-0.3, -0.25) is 0 Å². The van der Waals surface area contributed by atoms with Gasteiger partial charge in [-0.1, -0.05) is 38.5 Å². The number of carbonyl (C=O) groups excluding carboxylic acids is 1. The summed E-state index contributed by atoms with van der Waals surface area (Å²) in [5.41, 5.74) is 0. The van der Waals surface area contributed by atoms with Crippen LogP contribution in [0.25, 0.3) is 0 Å². The number of rotatable bonds is 4. The summed E-state index contributed by atoms with van der Waals surface area (Å²) in [6, 6.07) is 0. The van der Waals surface area contributed by atoms with Gasteiger partial charge in [0.15, 0.2) is 0 Å². The summed E-state index contributed by atoms with van der Waals surface area (Å²) >= 11 is 0. The largest absolute Gasteiger partial charge is 0.450 e. The van der Waals surface area contributed by atoms with E-state index in [2.05, 4.69) is 5.32 Å². The van der Waals surface area contributed by atoms with Crippen LogP contribution in [0.1, 0.15) is 51.9 Å². The maximum absolute atomic E-state index is 11.0. The van der Waals surface area contributed by atoms with Gasteiger partial charge in [0.05, 0.1) is 6.61 Å². The third-order valence-corrected chi connectivity index (χ3v) is 3.07. The highest BCUT2D eigenvalue weighted by molar-refractivity contribution is 5.66. The van der Waals surface area contributed by atoms with Crippen LogP contribution in [0.5, 0.6) is 0 Å². The Balaban J connectivity index is 2.05. The summed E-state index contributed by atoms with van der Waals surface area (Å²) in [6.07, 6.45) is 9.03. The molecule has 1 fully saturated rings. The molecular weight excluding hydrogens is 190 g/mol. The van der Waals surface area contributed by atoms with Gasteiger partial charge < -0.3 is 10.1 Å². The second-order valence-corrected chi connectivity index (χ2v) is 4.29. The molecule has 0 saturated heterocycles. The van der Waals surface area contributed by atoms with Crippen molar-refractivity contribution in [3.8, 4) is 0 Å². The fraction of sp³-hybridized carbons (Fsp3) is 0.917. The molecule has 0 aromatic carbocycles. The molecule has 15 heavy (non-hydrogen) atoms. The van der Waals surface area contributed by atoms with Gasteiger partial charge in [-0.05, 0) is 19.3 Å². The first kappa shape index (κ1) is 12.3. The molecule has 3 heteroatoms. The van der Waals surface area contributed by atoms with Gasteiger partial charge in [0.2, 0.25) is 0 Å². The molecule has 0 bridgehead atoms. The first-order valence-electron chi connectivity index (χ1n) is 6.23. The summed E-state index contributed by atoms with van der Waals surface area (Å²) in [4.78, 5) is 11.0. The minimum atomic E-state index is -0.272. The molecule has 0 aliphatic heterocycles. The predicted molar refractivity (Wildman–Crippen MR) is 60.8 cm³/mol. The molecule has 1 amide bonds. The zero-order chi connectivity index (χ0) is 10.9. The van der Waals surface area contributed by atoms with E-state index in [0.29, 0.717) is 6.61 Å². The van der Waals surface area contributed by atoms with Crippen LogP contribution in [0.3, 0.4) is 0 Å². The van der Waals surface area contributed by atoms with Crippen LogP contribution in [-0.2, 0) is 4.74 Å². The number of ether oxygens (including phenoxy) is 1. The molecule has 3 nitrogen and oxygen atoms in total. The zero-order valence-corrected chi connectivity index (χ0v) is 9.76. The Morgan fingerprint density at radius 1 is 1.27 bits per heavy atom. The lowest BCUT2D eigenvalue weighted by Gasteiger charge is -2.13. The number of amides is 1. The highest BCUT2D eigenvalue weighted by atomic mass is 16.5. The van der Waals surface area contributed by atoms with Gasteiger partial charge in [0.1, 0.15) is 0 Å². The number of alkyl carbamates (subject to hydrolysis) is 1. The van der Waals surface area contributed by atoms with Crippen molar-refractivity contribution >= 4 is 6.09 Å². The molecule has 0 unspecified atom stereocenters. The van der Waals surface area contributed by atoms with E-state index in [0.717, 1.165) is 18.9 Å². The van der Waals surface area contributed by atoms with Crippen molar-refractivity contribution in [2.75, 3.05) is 13.2 Å². The second-order valence-electron chi connectivity index (χ2n) is 4.29. The van der Waals surface area contributed by atoms with Gasteiger partial charge in [-0.15, -0.1) is 0 Å². The molecular formula is C12H23NO2. The molecule has 0 aromatic heterocycles. The van der Waals surface area contributed by atoms with Gasteiger partial charge >= 0.3 is 6.09 Å². The van der Waals surface area contributed by atoms with Crippen molar-refractivity contribution in [2.45, 2.75) is 51.9 Å². The van der Waals surface area contributed by atoms with Crippen LogP contribution in [0.2, 0.25) is 0 Å². The molecule has 88 valence electrons. The van der Waals surface area contributed by atoms with E-state index >= 15 is 0 Å². The Morgan fingerprint density at radius 3 is 2.53 bits per heavy atom. The van der Waals surface area contributed by atoms with Crippen LogP contribution in [-0.4, -0.2) is 19.2 Å². The van der Waals surface area contributed by atoms with Gasteiger partial charge in [-0.25, -0.2) is 4.79 Å². The van der Waals surface area contributed by atoms with Crippen LogP contribution >= 0.6 is 0 Å². The number of hydrogen-bond acceptors (Lipinski definition) is 2. The molecule has 1 aliphatic carbocycles. The summed E-state index contributed by atoms with van der Waals surface area (Å²) in [6.45, 7) is 3.05. The van der Waals surface area contributed by atoms with Gasteiger partial charge in [0.25, 0.3) is 0 Å². The van der Waals surface area contributed by atoms with E-state index in [9.17, 15) is 4.79 Å². The quantitative estimate of drug-likeness (QED) is 0.729. The maximum atomic E-state index is 11.0. The van der Waals surface area contributed by atoms with Crippen molar-refractivity contribution in [2.24, 2.45) is 5.92 Å². The predicted octanol–water partition coefficient (Wildman–Crippen LogP) is 3.09. The van der Waals surface area contributed by atoms with Crippen LogP contribution in [0, 0.1) is 5.92 Å². The van der Waals surface area contributed by atoms with E-state index in [1.807, 2.05) is 6.92 Å². The van der Waals surface area contributed by atoms with E-state index in [1.54, 1.807) is 0 Å². The Morgan fingerprint density at radius 2 is 1.93 bits per heavy atom. The normalized spacial score (nSPS) is 18.2. The van der Waals surface area contributed by atoms with Crippen LogP contribution < -0.4 is 5.32 Å². The lowest BCUT2D eigenvalue weighted by Crippen LogP contribution is -2.26. The van der Waals surface area contributed by atoms with Crippen molar-refractivity contribution in [3.05, 3.63) is 0 Å². The molecule has 0 aromatic rings. The van der Waals surface area contributed by atoms with Crippen LogP contribution in [0.15, 0.2) is 0 Å². The van der Waals surface area contributed by atoms with Crippen LogP contribution in [0.4, 0.5) is 4.79 Å². The van der Waals surface area contributed by atoms with E-state index < -0.39 is 0 Å². The Kier molecular flexibility index (Phi) is 6.21. The lowest BCUT2D eigenvalue weighted by molar-refractivity contribution is 0.151. The number of nitrogens with one attached hydrogen (secondary N) is 1. The summed E-state index contributed by atoms with van der Waals surface area (Å²) in [5, 5.41) is 2.79. The molecule has 1 N–H and O–H groups in total. The topological polar surface area (TPSA) is 38.3 Å². The zero-order valence-electron chi connectivity index (χ0n) is 9.76. The molecule has 1 rings (SSSR count). The number of carbonyl (C=O) groups is 1. The summed E-state index contributed by atoms with van der Waals surface area (Å²) < 4.78 is 4.81. The minimum absolute atomic E-state index is 0.272. The molecule has 0 radical (unpaired) electrons. The SMILES string of the molecule is CCOC(=O)NCCC1CCCCCC1. The van der Waals surface area contributed by atoms with Gasteiger partial charge in [0, 0.05) is 6.54 Å². The monoisotopic (exact) mass is 213 g/mol. The average Bonchev–Trinajstić information content (AvgIpc) is 2.47. The minimum Gasteiger partial charge on any atom is -0.450 e. The fourth-order valence-corrected chi connectivity index (χ4v) is 2.21. The highest BCUT2D eigenvalue weighted by Gasteiger charge is 2.12. The van der Waals surface area contributed by atoms with Crippen molar-refractivity contribution in [3.63, 3.8) is 0 Å². The molecule has 0 atom stereocenters. The van der Waals surface area contributed by atoms with Crippen molar-refractivity contribution in [1.29, 1.82) is 0 Å². The fourth-order valence-electron chi connectivity index (χ4n) is 2.21. The van der Waals surface area contributed by atoms with E-state index in [4.69, 9.17) is 4.74 Å². The van der Waals surface area contributed by atoms with E-state index in [1.165, 1.54) is 38.5 Å². The Hall–Kier alpha value is -0.730. The third kappa shape index (κ3) is 5.65. The smallest absolute Gasteiger partial charge is 0.407 e. The standard InChI is InChI=1S/C12H23NO2/c1-2-15-12(14)13-10-9-11-7-5-3-4-6-8-11/h11H,2-10H2,1H3,(H,13,14). The maximum Gasteiger partial charge on any atom is 0.407 e. The molecule has 0 heterocycles. The van der Waals surface area contributed by atoms with Gasteiger partial charge in [-0.2, -0.15) is 0 Å². The van der Waals surface area contributed by atoms with E-state index in [-0.39, 0.29) is 6.09 Å². The molecule has 0 spiro atoms. The molecule has 1 saturated carbocycles. The summed E-state index contributed by atoms with van der Waals surface area (Å²) in [7, 11) is 0. The van der Waals surface area contributed by atoms with Crippen molar-refractivity contribution < 1.29 is 9.53 Å². The van der Waals surface area contributed by atoms with Crippen molar-refractivity contribution in [1.82, 2.24) is 5.32 Å². The average molecular weight is 213 g/mol. The number of hydrogen-bond donors (Lipinski definition) is 1. The molecule has 1 aliphatic rings. The highest BCUT2D eigenvalue weighted by Crippen LogP contribution is 2.24.